The molecular formula is C10H5F3N2. The van der Waals surface area contributed by atoms with Crippen LogP contribution in [0.15, 0.2) is 30.6 Å². The van der Waals surface area contributed by atoms with Crippen LogP contribution in [-0.2, 0) is 0 Å². The van der Waals surface area contributed by atoms with Gasteiger partial charge in [0.25, 0.3) is 0 Å². The maximum atomic E-state index is 13.2. The zero-order valence-corrected chi connectivity index (χ0v) is 7.42. The van der Waals surface area contributed by atoms with Gasteiger partial charge in [-0.3, -0.25) is 4.98 Å². The third-order valence-corrected chi connectivity index (χ3v) is 1.84. The van der Waals surface area contributed by atoms with Crippen LogP contribution in [0, 0.1) is 17.6 Å². The van der Waals surface area contributed by atoms with Gasteiger partial charge in [-0.05, 0) is 12.1 Å². The molecule has 0 saturated carbocycles. The van der Waals surface area contributed by atoms with Gasteiger partial charge in [0, 0.05) is 24.0 Å². The summed E-state index contributed by atoms with van der Waals surface area (Å²) in [4.78, 5) is 6.92. The molecule has 0 aromatic carbocycles. The van der Waals surface area contributed by atoms with Crippen LogP contribution in [-0.4, -0.2) is 9.97 Å². The first-order valence-corrected chi connectivity index (χ1v) is 4.10. The van der Waals surface area contributed by atoms with Crippen molar-refractivity contribution in [3.63, 3.8) is 0 Å². The van der Waals surface area contributed by atoms with Gasteiger partial charge in [-0.15, -0.1) is 0 Å². The van der Waals surface area contributed by atoms with Crippen LogP contribution < -0.4 is 0 Å². The number of hydrogen-bond donors (Lipinski definition) is 0. The third kappa shape index (κ3) is 1.81. The number of halogens is 3. The Kier molecular flexibility index (Phi) is 2.37. The highest BCUT2D eigenvalue weighted by atomic mass is 19.2. The molecule has 0 unspecified atom stereocenters. The summed E-state index contributed by atoms with van der Waals surface area (Å²) in [5.41, 5.74) is 0.123. The summed E-state index contributed by atoms with van der Waals surface area (Å²) in [6, 6.07) is 3.39. The quantitative estimate of drug-likeness (QED) is 0.676. The standard InChI is InChI=1S/C10H5F3N2/c11-7-5-8(12)10(13)15-9(7)6-1-3-14-4-2-6/h1-5H. The van der Waals surface area contributed by atoms with Gasteiger partial charge >= 0.3 is 0 Å². The van der Waals surface area contributed by atoms with Gasteiger partial charge in [-0.1, -0.05) is 0 Å². The van der Waals surface area contributed by atoms with Gasteiger partial charge in [-0.2, -0.15) is 4.39 Å². The lowest BCUT2D eigenvalue weighted by Gasteiger charge is -2.02. The third-order valence-electron chi connectivity index (χ3n) is 1.84. The first-order valence-electron chi connectivity index (χ1n) is 4.10. The number of hydrogen-bond acceptors (Lipinski definition) is 2. The molecule has 0 aliphatic heterocycles. The van der Waals surface area contributed by atoms with Crippen molar-refractivity contribution in [2.45, 2.75) is 0 Å². The highest BCUT2D eigenvalue weighted by Gasteiger charge is 2.12. The van der Waals surface area contributed by atoms with E-state index in [1.54, 1.807) is 0 Å². The molecule has 2 rings (SSSR count). The molecule has 5 heteroatoms. The minimum atomic E-state index is -1.32. The van der Waals surface area contributed by atoms with Crippen molar-refractivity contribution < 1.29 is 13.2 Å². The topological polar surface area (TPSA) is 25.8 Å². The van der Waals surface area contributed by atoms with E-state index in [1.807, 2.05) is 0 Å². The molecule has 0 spiro atoms. The molecule has 0 N–H and O–H groups in total. The first-order chi connectivity index (χ1) is 7.18. The Balaban J connectivity index is 2.59. The van der Waals surface area contributed by atoms with Crippen LogP contribution in [0.25, 0.3) is 11.3 Å². The minimum Gasteiger partial charge on any atom is -0.265 e. The molecule has 0 radical (unpaired) electrons. The second-order valence-corrected chi connectivity index (χ2v) is 2.83. The second-order valence-electron chi connectivity index (χ2n) is 2.83. The van der Waals surface area contributed by atoms with Gasteiger partial charge in [-0.25, -0.2) is 13.8 Å². The van der Waals surface area contributed by atoms with Gasteiger partial charge in [0.1, 0.15) is 5.69 Å². The van der Waals surface area contributed by atoms with Crippen molar-refractivity contribution in [1.82, 2.24) is 9.97 Å². The van der Waals surface area contributed by atoms with E-state index >= 15 is 0 Å². The lowest BCUT2D eigenvalue weighted by molar-refractivity contribution is 0.466. The molecule has 15 heavy (non-hydrogen) atoms. The predicted octanol–water partition coefficient (Wildman–Crippen LogP) is 2.56. The highest BCUT2D eigenvalue weighted by molar-refractivity contribution is 5.58. The minimum absolute atomic E-state index is 0.226. The summed E-state index contributed by atoms with van der Waals surface area (Å²) in [6.07, 6.45) is 2.83. The van der Waals surface area contributed by atoms with Crippen LogP contribution in [0.2, 0.25) is 0 Å². The Hall–Kier alpha value is -1.91. The summed E-state index contributed by atoms with van der Waals surface area (Å²) < 4.78 is 38.6. The lowest BCUT2D eigenvalue weighted by Crippen LogP contribution is -1.96. The van der Waals surface area contributed by atoms with Gasteiger partial charge in [0.15, 0.2) is 11.6 Å². The van der Waals surface area contributed by atoms with Crippen LogP contribution in [0.3, 0.4) is 0 Å². The molecule has 2 aromatic heterocycles. The number of nitrogens with zero attached hydrogens (tertiary/aromatic N) is 2. The summed E-state index contributed by atoms with van der Waals surface area (Å²) in [5.74, 6) is -3.52. The van der Waals surface area contributed by atoms with E-state index < -0.39 is 17.6 Å². The van der Waals surface area contributed by atoms with Crippen molar-refractivity contribution in [2.24, 2.45) is 0 Å². The van der Waals surface area contributed by atoms with Gasteiger partial charge < -0.3 is 0 Å². The molecule has 0 fully saturated rings. The average molecular weight is 210 g/mol. The molecule has 2 heterocycles. The van der Waals surface area contributed by atoms with E-state index in [-0.39, 0.29) is 5.69 Å². The smallest absolute Gasteiger partial charge is 0.249 e. The second kappa shape index (κ2) is 3.68. The van der Waals surface area contributed by atoms with Crippen molar-refractivity contribution in [2.75, 3.05) is 0 Å². The largest absolute Gasteiger partial charge is 0.265 e. The number of pyridine rings is 2. The maximum Gasteiger partial charge on any atom is 0.249 e. The Bertz CT molecular complexity index is 486. The molecule has 0 bridgehead atoms. The molecule has 2 nitrogen and oxygen atoms in total. The summed E-state index contributed by atoms with van der Waals surface area (Å²) in [5, 5.41) is 0. The Morgan fingerprint density at radius 2 is 1.60 bits per heavy atom. The van der Waals surface area contributed by atoms with Crippen LogP contribution in [0.5, 0.6) is 0 Å². The molecule has 2 aromatic rings. The predicted molar refractivity (Wildman–Crippen MR) is 47.3 cm³/mol. The molecule has 0 aliphatic rings. The zero-order chi connectivity index (χ0) is 10.8. The monoisotopic (exact) mass is 210 g/mol. The number of aromatic nitrogens is 2. The van der Waals surface area contributed by atoms with Gasteiger partial charge in [0.2, 0.25) is 5.95 Å². The molecule has 0 atom stereocenters. The van der Waals surface area contributed by atoms with E-state index in [0.717, 1.165) is 0 Å². The van der Waals surface area contributed by atoms with Crippen LogP contribution in [0.4, 0.5) is 13.2 Å². The molecular weight excluding hydrogens is 205 g/mol. The van der Waals surface area contributed by atoms with E-state index in [4.69, 9.17) is 0 Å². The van der Waals surface area contributed by atoms with Crippen molar-refractivity contribution >= 4 is 0 Å². The first kappa shape index (κ1) is 9.64. The van der Waals surface area contributed by atoms with E-state index in [9.17, 15) is 13.2 Å². The normalized spacial score (nSPS) is 10.3. The molecule has 0 saturated heterocycles. The van der Waals surface area contributed by atoms with Crippen molar-refractivity contribution in [3.05, 3.63) is 48.2 Å². The molecule has 0 amide bonds. The van der Waals surface area contributed by atoms with E-state index in [0.29, 0.717) is 11.6 Å². The number of rotatable bonds is 1. The summed E-state index contributed by atoms with van der Waals surface area (Å²) in [6.45, 7) is 0. The molecule has 76 valence electrons. The highest BCUT2D eigenvalue weighted by Crippen LogP contribution is 2.20. The zero-order valence-electron chi connectivity index (χ0n) is 7.42. The SMILES string of the molecule is Fc1cc(F)c(-c2ccncc2)nc1F. The fourth-order valence-corrected chi connectivity index (χ4v) is 1.16. The fourth-order valence-electron chi connectivity index (χ4n) is 1.16. The summed E-state index contributed by atoms with van der Waals surface area (Å²) in [7, 11) is 0. The Morgan fingerprint density at radius 3 is 2.27 bits per heavy atom. The summed E-state index contributed by atoms with van der Waals surface area (Å²) >= 11 is 0. The maximum absolute atomic E-state index is 13.2. The Labute approximate surface area is 83.4 Å². The van der Waals surface area contributed by atoms with E-state index in [1.165, 1.54) is 24.5 Å². The Morgan fingerprint density at radius 1 is 0.933 bits per heavy atom. The van der Waals surface area contributed by atoms with Crippen LogP contribution in [0.1, 0.15) is 0 Å². The van der Waals surface area contributed by atoms with E-state index in [2.05, 4.69) is 9.97 Å². The van der Waals surface area contributed by atoms with Crippen molar-refractivity contribution in [1.29, 1.82) is 0 Å². The average Bonchev–Trinajstić information content (AvgIpc) is 2.25. The fraction of sp³-hybridized carbons (Fsp3) is 0. The van der Waals surface area contributed by atoms with Crippen molar-refractivity contribution in [3.8, 4) is 11.3 Å². The molecule has 0 aliphatic carbocycles. The van der Waals surface area contributed by atoms with Gasteiger partial charge in [0.05, 0.1) is 0 Å². The van der Waals surface area contributed by atoms with Crippen LogP contribution >= 0.6 is 0 Å². The lowest BCUT2D eigenvalue weighted by atomic mass is 10.2.